The number of nitrogens with zero attached hydrogens (tertiary/aromatic N) is 1. The van der Waals surface area contributed by atoms with Gasteiger partial charge in [-0.1, -0.05) is 0 Å². The number of piperidine rings is 1. The average molecular weight is 373 g/mol. The van der Waals surface area contributed by atoms with Crippen molar-refractivity contribution in [3.05, 3.63) is 24.3 Å². The topological polar surface area (TPSA) is 62.8 Å². The first-order valence-electron chi connectivity index (χ1n) is 10.4. The summed E-state index contributed by atoms with van der Waals surface area (Å²) in [7, 11) is 0. The highest BCUT2D eigenvalue weighted by Gasteiger charge is 2.44. The van der Waals surface area contributed by atoms with Gasteiger partial charge in [0.05, 0.1) is 6.61 Å². The van der Waals surface area contributed by atoms with Crippen LogP contribution in [0, 0.1) is 0 Å². The van der Waals surface area contributed by atoms with Crippen LogP contribution in [0.4, 0.5) is 10.5 Å². The van der Waals surface area contributed by atoms with Crippen molar-refractivity contribution in [1.29, 1.82) is 0 Å². The Bertz CT molecular complexity index is 616. The molecule has 27 heavy (non-hydrogen) atoms. The molecule has 2 amide bonds. The van der Waals surface area contributed by atoms with Gasteiger partial charge in [-0.15, -0.1) is 0 Å². The molecule has 1 aromatic carbocycles. The zero-order valence-corrected chi connectivity index (χ0v) is 16.2. The van der Waals surface area contributed by atoms with Crippen molar-refractivity contribution < 1.29 is 14.3 Å². The summed E-state index contributed by atoms with van der Waals surface area (Å²) in [5, 5.41) is 6.15. The summed E-state index contributed by atoms with van der Waals surface area (Å²) in [6.07, 6.45) is 6.96. The number of hydrogen-bond acceptors (Lipinski definition) is 4. The maximum atomic E-state index is 12.4. The van der Waals surface area contributed by atoms with Gasteiger partial charge in [0.25, 0.3) is 0 Å². The van der Waals surface area contributed by atoms with Crippen LogP contribution in [-0.2, 0) is 4.74 Å². The average Bonchev–Trinajstić information content (AvgIpc) is 2.95. The third-order valence-electron chi connectivity index (χ3n) is 6.16. The van der Waals surface area contributed by atoms with Crippen LogP contribution in [0.15, 0.2) is 24.3 Å². The SMILES string of the molecule is CCOc1ccc(NC(=O)NC2CC3CCC(C2)N3C2CCOCC2)cc1. The highest BCUT2D eigenvalue weighted by atomic mass is 16.5. The minimum atomic E-state index is -0.108. The zero-order valence-electron chi connectivity index (χ0n) is 16.2. The van der Waals surface area contributed by atoms with E-state index in [2.05, 4.69) is 15.5 Å². The number of ether oxygens (including phenoxy) is 2. The molecule has 2 N–H and O–H groups in total. The summed E-state index contributed by atoms with van der Waals surface area (Å²) < 4.78 is 11.0. The summed E-state index contributed by atoms with van der Waals surface area (Å²) in [5.74, 6) is 0.820. The standard InChI is InChI=1S/C21H31N3O3/c1-2-27-20-7-3-15(4-8-20)22-21(25)23-16-13-18-5-6-19(14-16)24(18)17-9-11-26-12-10-17/h3-4,7-8,16-19H,2,5-6,9-14H2,1H3,(H2,22,23,25). The minimum absolute atomic E-state index is 0.108. The van der Waals surface area contributed by atoms with Crippen molar-refractivity contribution in [1.82, 2.24) is 10.2 Å². The number of urea groups is 1. The predicted molar refractivity (Wildman–Crippen MR) is 105 cm³/mol. The Morgan fingerprint density at radius 2 is 1.74 bits per heavy atom. The Morgan fingerprint density at radius 3 is 2.37 bits per heavy atom. The van der Waals surface area contributed by atoms with Crippen LogP contribution in [0.3, 0.4) is 0 Å². The van der Waals surface area contributed by atoms with E-state index >= 15 is 0 Å². The minimum Gasteiger partial charge on any atom is -0.494 e. The van der Waals surface area contributed by atoms with Crippen molar-refractivity contribution in [3.8, 4) is 5.75 Å². The van der Waals surface area contributed by atoms with Crippen LogP contribution >= 0.6 is 0 Å². The quantitative estimate of drug-likeness (QED) is 0.831. The molecule has 3 aliphatic rings. The van der Waals surface area contributed by atoms with Gasteiger partial charge in [-0.05, 0) is 69.7 Å². The normalized spacial score (nSPS) is 28.7. The van der Waals surface area contributed by atoms with E-state index in [9.17, 15) is 4.79 Å². The van der Waals surface area contributed by atoms with Gasteiger partial charge in [0.15, 0.2) is 0 Å². The van der Waals surface area contributed by atoms with Gasteiger partial charge in [-0.25, -0.2) is 4.79 Å². The molecule has 0 spiro atoms. The first-order valence-corrected chi connectivity index (χ1v) is 10.4. The number of amides is 2. The second-order valence-corrected chi connectivity index (χ2v) is 7.90. The van der Waals surface area contributed by atoms with E-state index in [-0.39, 0.29) is 12.1 Å². The lowest BCUT2D eigenvalue weighted by Crippen LogP contribution is -2.55. The van der Waals surface area contributed by atoms with Crippen molar-refractivity contribution in [2.24, 2.45) is 0 Å². The molecule has 4 rings (SSSR count). The number of carbonyl (C=O) groups excluding carboxylic acids is 1. The Morgan fingerprint density at radius 1 is 1.07 bits per heavy atom. The Balaban J connectivity index is 1.28. The molecule has 0 aromatic heterocycles. The molecule has 0 saturated carbocycles. The number of fused-ring (bicyclic) bond motifs is 2. The van der Waals surface area contributed by atoms with Gasteiger partial charge in [0, 0.05) is 43.1 Å². The van der Waals surface area contributed by atoms with Gasteiger partial charge >= 0.3 is 6.03 Å². The molecular formula is C21H31N3O3. The van der Waals surface area contributed by atoms with Gasteiger partial charge in [-0.3, -0.25) is 4.90 Å². The summed E-state index contributed by atoms with van der Waals surface area (Å²) >= 11 is 0. The second-order valence-electron chi connectivity index (χ2n) is 7.90. The highest BCUT2D eigenvalue weighted by molar-refractivity contribution is 5.89. The van der Waals surface area contributed by atoms with Crippen molar-refractivity contribution in [2.45, 2.75) is 69.6 Å². The fourth-order valence-corrected chi connectivity index (χ4v) is 5.06. The number of hydrogen-bond donors (Lipinski definition) is 2. The molecule has 3 fully saturated rings. The van der Waals surface area contributed by atoms with Crippen LogP contribution in [-0.4, -0.2) is 54.9 Å². The number of anilines is 1. The third-order valence-corrected chi connectivity index (χ3v) is 6.16. The van der Waals surface area contributed by atoms with Crippen molar-refractivity contribution >= 4 is 11.7 Å². The lowest BCUT2D eigenvalue weighted by atomic mass is 9.93. The number of rotatable bonds is 5. The molecule has 148 valence electrons. The van der Waals surface area contributed by atoms with Crippen molar-refractivity contribution in [2.75, 3.05) is 25.1 Å². The Labute approximate surface area is 161 Å². The fraction of sp³-hybridized carbons (Fsp3) is 0.667. The van der Waals surface area contributed by atoms with Crippen LogP contribution in [0.25, 0.3) is 0 Å². The third kappa shape index (κ3) is 4.38. The summed E-state index contributed by atoms with van der Waals surface area (Å²) in [4.78, 5) is 15.2. The maximum Gasteiger partial charge on any atom is 0.319 e. The number of benzene rings is 1. The second kappa shape index (κ2) is 8.48. The lowest BCUT2D eigenvalue weighted by Gasteiger charge is -2.45. The van der Waals surface area contributed by atoms with E-state index in [1.54, 1.807) is 0 Å². The van der Waals surface area contributed by atoms with Gasteiger partial charge in [-0.2, -0.15) is 0 Å². The summed E-state index contributed by atoms with van der Waals surface area (Å²) in [6, 6.07) is 9.58. The van der Waals surface area contributed by atoms with Gasteiger partial charge in [0.2, 0.25) is 0 Å². The molecule has 2 unspecified atom stereocenters. The first kappa shape index (κ1) is 18.6. The summed E-state index contributed by atoms with van der Waals surface area (Å²) in [5.41, 5.74) is 0.790. The Kier molecular flexibility index (Phi) is 5.83. The molecule has 0 radical (unpaired) electrons. The first-order chi connectivity index (χ1) is 13.2. The van der Waals surface area contributed by atoms with Gasteiger partial charge in [0.1, 0.15) is 5.75 Å². The van der Waals surface area contributed by atoms with Crippen LogP contribution < -0.4 is 15.4 Å². The van der Waals surface area contributed by atoms with Crippen molar-refractivity contribution in [3.63, 3.8) is 0 Å². The van der Waals surface area contributed by atoms with Crippen LogP contribution in [0.5, 0.6) is 5.75 Å². The molecule has 6 heteroatoms. The van der Waals surface area contributed by atoms with Crippen LogP contribution in [0.1, 0.15) is 45.4 Å². The fourth-order valence-electron chi connectivity index (χ4n) is 5.06. The molecule has 1 aromatic rings. The predicted octanol–water partition coefficient (Wildman–Crippen LogP) is 3.38. The van der Waals surface area contributed by atoms with E-state index in [1.807, 2.05) is 31.2 Å². The molecule has 2 bridgehead atoms. The highest BCUT2D eigenvalue weighted by Crippen LogP contribution is 2.39. The molecular weight excluding hydrogens is 342 g/mol. The molecule has 0 aliphatic carbocycles. The largest absolute Gasteiger partial charge is 0.494 e. The molecule has 6 nitrogen and oxygen atoms in total. The number of carbonyl (C=O) groups is 1. The van der Waals surface area contributed by atoms with E-state index in [1.165, 1.54) is 12.8 Å². The maximum absolute atomic E-state index is 12.4. The molecule has 2 atom stereocenters. The van der Waals surface area contributed by atoms with E-state index in [0.29, 0.717) is 24.7 Å². The molecule has 3 aliphatic heterocycles. The number of nitrogens with one attached hydrogen (secondary N) is 2. The molecule has 3 saturated heterocycles. The molecule has 3 heterocycles. The smallest absolute Gasteiger partial charge is 0.319 e. The van der Waals surface area contributed by atoms with E-state index in [0.717, 1.165) is 50.3 Å². The van der Waals surface area contributed by atoms with E-state index < -0.39 is 0 Å². The zero-order chi connectivity index (χ0) is 18.6. The van der Waals surface area contributed by atoms with E-state index in [4.69, 9.17) is 9.47 Å². The lowest BCUT2D eigenvalue weighted by molar-refractivity contribution is -0.00401. The van der Waals surface area contributed by atoms with Crippen LogP contribution in [0.2, 0.25) is 0 Å². The van der Waals surface area contributed by atoms with Gasteiger partial charge < -0.3 is 20.1 Å². The Hall–Kier alpha value is -1.79. The monoisotopic (exact) mass is 373 g/mol. The summed E-state index contributed by atoms with van der Waals surface area (Å²) in [6.45, 7) is 4.39.